The van der Waals surface area contributed by atoms with Crippen molar-refractivity contribution in [2.75, 3.05) is 7.11 Å². The fourth-order valence-electron chi connectivity index (χ4n) is 1.19. The third kappa shape index (κ3) is 2.41. The van der Waals surface area contributed by atoms with E-state index in [9.17, 15) is 0 Å². The molecule has 2 aromatic rings. The van der Waals surface area contributed by atoms with Gasteiger partial charge in [-0.25, -0.2) is 0 Å². The zero-order valence-corrected chi connectivity index (χ0v) is 9.31. The molecule has 0 unspecified atom stereocenters. The monoisotopic (exact) mass is 236 g/mol. The SMILES string of the molecule is COc1ccccc1Oc1cncc(Cl)n1. The van der Waals surface area contributed by atoms with Crippen molar-refractivity contribution < 1.29 is 9.47 Å². The average molecular weight is 237 g/mol. The van der Waals surface area contributed by atoms with Crippen LogP contribution >= 0.6 is 11.6 Å². The smallest absolute Gasteiger partial charge is 0.239 e. The largest absolute Gasteiger partial charge is 0.493 e. The molecule has 1 aromatic heterocycles. The number of hydrogen-bond donors (Lipinski definition) is 0. The van der Waals surface area contributed by atoms with Crippen LogP contribution in [0.5, 0.6) is 17.4 Å². The average Bonchev–Trinajstić information content (AvgIpc) is 2.30. The summed E-state index contributed by atoms with van der Waals surface area (Å²) >= 11 is 5.70. The predicted molar refractivity (Wildman–Crippen MR) is 60.1 cm³/mol. The normalized spacial score (nSPS) is 9.88. The Morgan fingerprint density at radius 3 is 2.56 bits per heavy atom. The summed E-state index contributed by atoms with van der Waals surface area (Å²) in [5.74, 6) is 1.53. The molecule has 0 aliphatic rings. The van der Waals surface area contributed by atoms with Crippen molar-refractivity contribution in [1.82, 2.24) is 9.97 Å². The Labute approximate surface area is 97.8 Å². The first kappa shape index (κ1) is 10.7. The van der Waals surface area contributed by atoms with Crippen molar-refractivity contribution in [1.29, 1.82) is 0 Å². The second-order valence-corrected chi connectivity index (χ2v) is 3.32. The van der Waals surface area contributed by atoms with E-state index in [1.54, 1.807) is 19.2 Å². The van der Waals surface area contributed by atoms with E-state index in [0.29, 0.717) is 17.4 Å². The highest BCUT2D eigenvalue weighted by molar-refractivity contribution is 6.29. The van der Waals surface area contributed by atoms with Gasteiger partial charge in [0.25, 0.3) is 0 Å². The van der Waals surface area contributed by atoms with Crippen LogP contribution in [-0.2, 0) is 0 Å². The molecule has 4 nitrogen and oxygen atoms in total. The van der Waals surface area contributed by atoms with Crippen molar-refractivity contribution in [3.05, 3.63) is 41.8 Å². The third-order valence-corrected chi connectivity index (χ3v) is 2.05. The lowest BCUT2D eigenvalue weighted by molar-refractivity contribution is 0.373. The molecular weight excluding hydrogens is 228 g/mol. The van der Waals surface area contributed by atoms with Gasteiger partial charge in [0.15, 0.2) is 16.7 Å². The number of rotatable bonds is 3. The van der Waals surface area contributed by atoms with Crippen LogP contribution < -0.4 is 9.47 Å². The Hall–Kier alpha value is -1.81. The van der Waals surface area contributed by atoms with Crippen molar-refractivity contribution >= 4 is 11.6 Å². The van der Waals surface area contributed by atoms with Crippen LogP contribution in [0.4, 0.5) is 0 Å². The minimum atomic E-state index is 0.285. The number of nitrogens with zero attached hydrogens (tertiary/aromatic N) is 2. The molecule has 0 N–H and O–H groups in total. The first-order chi connectivity index (χ1) is 7.79. The van der Waals surface area contributed by atoms with Crippen molar-refractivity contribution in [3.8, 4) is 17.4 Å². The highest BCUT2D eigenvalue weighted by atomic mass is 35.5. The Morgan fingerprint density at radius 2 is 1.88 bits per heavy atom. The molecule has 1 heterocycles. The van der Waals surface area contributed by atoms with Crippen LogP contribution in [0.15, 0.2) is 36.7 Å². The molecule has 0 radical (unpaired) electrons. The van der Waals surface area contributed by atoms with Crippen LogP contribution in [0.2, 0.25) is 5.15 Å². The van der Waals surface area contributed by atoms with Crippen LogP contribution in [-0.4, -0.2) is 17.1 Å². The van der Waals surface area contributed by atoms with Gasteiger partial charge >= 0.3 is 0 Å². The zero-order valence-electron chi connectivity index (χ0n) is 8.55. The van der Waals surface area contributed by atoms with Gasteiger partial charge in [-0.05, 0) is 12.1 Å². The van der Waals surface area contributed by atoms with Crippen LogP contribution in [0.25, 0.3) is 0 Å². The Kier molecular flexibility index (Phi) is 3.22. The minimum absolute atomic E-state index is 0.285. The number of methoxy groups -OCH3 is 1. The fourth-order valence-corrected chi connectivity index (χ4v) is 1.33. The lowest BCUT2D eigenvalue weighted by Gasteiger charge is -2.08. The van der Waals surface area contributed by atoms with E-state index >= 15 is 0 Å². The lowest BCUT2D eigenvalue weighted by atomic mass is 10.3. The number of hydrogen-bond acceptors (Lipinski definition) is 4. The van der Waals surface area contributed by atoms with Gasteiger partial charge < -0.3 is 9.47 Å². The predicted octanol–water partition coefficient (Wildman–Crippen LogP) is 2.93. The molecule has 0 amide bonds. The lowest BCUT2D eigenvalue weighted by Crippen LogP contribution is -1.92. The molecule has 0 aliphatic heterocycles. The Morgan fingerprint density at radius 1 is 1.12 bits per heavy atom. The van der Waals surface area contributed by atoms with Crippen molar-refractivity contribution in [2.45, 2.75) is 0 Å². The van der Waals surface area contributed by atoms with E-state index in [2.05, 4.69) is 9.97 Å². The van der Waals surface area contributed by atoms with Gasteiger partial charge in [-0.2, -0.15) is 4.98 Å². The minimum Gasteiger partial charge on any atom is -0.493 e. The summed E-state index contributed by atoms with van der Waals surface area (Å²) in [7, 11) is 1.58. The van der Waals surface area contributed by atoms with E-state index < -0.39 is 0 Å². The van der Waals surface area contributed by atoms with Gasteiger partial charge in [0.1, 0.15) is 0 Å². The summed E-state index contributed by atoms with van der Waals surface area (Å²) in [6, 6.07) is 7.28. The molecule has 0 spiro atoms. The van der Waals surface area contributed by atoms with E-state index in [-0.39, 0.29) is 5.15 Å². The van der Waals surface area contributed by atoms with Crippen LogP contribution in [0.3, 0.4) is 0 Å². The molecular formula is C11H9ClN2O2. The van der Waals surface area contributed by atoms with Gasteiger partial charge in [0.05, 0.1) is 19.5 Å². The van der Waals surface area contributed by atoms with Crippen molar-refractivity contribution in [2.24, 2.45) is 0 Å². The first-order valence-corrected chi connectivity index (χ1v) is 4.96. The molecule has 0 saturated carbocycles. The fraction of sp³-hybridized carbons (Fsp3) is 0.0909. The molecule has 0 aliphatic carbocycles. The maximum Gasteiger partial charge on any atom is 0.239 e. The molecule has 0 saturated heterocycles. The molecule has 1 aromatic carbocycles. The van der Waals surface area contributed by atoms with Gasteiger partial charge in [0, 0.05) is 0 Å². The molecule has 0 atom stereocenters. The summed E-state index contributed by atoms with van der Waals surface area (Å²) in [5.41, 5.74) is 0. The standard InChI is InChI=1S/C11H9ClN2O2/c1-15-8-4-2-3-5-9(8)16-11-7-13-6-10(12)14-11/h2-7H,1H3. The maximum atomic E-state index is 5.70. The quantitative estimate of drug-likeness (QED) is 0.822. The molecule has 0 fully saturated rings. The highest BCUT2D eigenvalue weighted by Gasteiger charge is 2.05. The highest BCUT2D eigenvalue weighted by Crippen LogP contribution is 2.29. The number of halogens is 1. The number of benzene rings is 1. The van der Waals surface area contributed by atoms with Crippen LogP contribution in [0.1, 0.15) is 0 Å². The third-order valence-electron chi connectivity index (χ3n) is 1.87. The topological polar surface area (TPSA) is 44.2 Å². The van der Waals surface area contributed by atoms with E-state index in [0.717, 1.165) is 0 Å². The molecule has 5 heteroatoms. The maximum absolute atomic E-state index is 5.70. The van der Waals surface area contributed by atoms with E-state index in [1.165, 1.54) is 12.4 Å². The molecule has 0 bridgehead atoms. The van der Waals surface area contributed by atoms with Gasteiger partial charge in [0.2, 0.25) is 5.88 Å². The number of aromatic nitrogens is 2. The van der Waals surface area contributed by atoms with Crippen LogP contribution in [0, 0.1) is 0 Å². The summed E-state index contributed by atoms with van der Waals surface area (Å²) in [5, 5.41) is 0.285. The number of para-hydroxylation sites is 2. The zero-order chi connectivity index (χ0) is 11.4. The molecule has 16 heavy (non-hydrogen) atoms. The molecule has 82 valence electrons. The van der Waals surface area contributed by atoms with Crippen molar-refractivity contribution in [3.63, 3.8) is 0 Å². The van der Waals surface area contributed by atoms with E-state index in [1.807, 2.05) is 12.1 Å². The molecule has 2 rings (SSSR count). The summed E-state index contributed by atoms with van der Waals surface area (Å²) in [6.07, 6.45) is 2.93. The first-order valence-electron chi connectivity index (χ1n) is 4.58. The number of ether oxygens (including phenoxy) is 2. The summed E-state index contributed by atoms with van der Waals surface area (Å²) in [4.78, 5) is 7.84. The summed E-state index contributed by atoms with van der Waals surface area (Å²) < 4.78 is 10.6. The van der Waals surface area contributed by atoms with Gasteiger partial charge in [-0.15, -0.1) is 0 Å². The Balaban J connectivity index is 2.26. The van der Waals surface area contributed by atoms with Gasteiger partial charge in [-0.1, -0.05) is 23.7 Å². The van der Waals surface area contributed by atoms with Gasteiger partial charge in [-0.3, -0.25) is 4.98 Å². The Bertz CT molecular complexity index is 491. The summed E-state index contributed by atoms with van der Waals surface area (Å²) in [6.45, 7) is 0. The second-order valence-electron chi connectivity index (χ2n) is 2.93. The van der Waals surface area contributed by atoms with E-state index in [4.69, 9.17) is 21.1 Å². The second kappa shape index (κ2) is 4.81.